The predicted octanol–water partition coefficient (Wildman–Crippen LogP) is 2.54. The zero-order valence-electron chi connectivity index (χ0n) is 14.8. The number of benzene rings is 1. The molecular weight excluding hydrogens is 314 g/mol. The van der Waals surface area contributed by atoms with Crippen molar-refractivity contribution >= 4 is 17.7 Å². The summed E-state index contributed by atoms with van der Waals surface area (Å²) >= 11 is 0. The second-order valence-electron chi connectivity index (χ2n) is 6.19. The summed E-state index contributed by atoms with van der Waals surface area (Å²) in [4.78, 5) is 23.9. The normalized spacial score (nSPS) is 15.0. The first-order chi connectivity index (χ1) is 12.2. The molecule has 0 saturated carbocycles. The number of aromatic nitrogens is 2. The largest absolute Gasteiger partial charge is 0.357 e. The number of hydrogen-bond acceptors (Lipinski definition) is 5. The van der Waals surface area contributed by atoms with Crippen molar-refractivity contribution in [1.82, 2.24) is 15.3 Å². The van der Waals surface area contributed by atoms with Gasteiger partial charge in [-0.15, -0.1) is 0 Å². The van der Waals surface area contributed by atoms with E-state index in [0.717, 1.165) is 36.7 Å². The van der Waals surface area contributed by atoms with Crippen LogP contribution in [0.2, 0.25) is 0 Å². The van der Waals surface area contributed by atoms with Gasteiger partial charge < -0.3 is 15.5 Å². The molecule has 1 saturated heterocycles. The Balaban J connectivity index is 1.90. The standard InChI is InChI=1S/C19H25N5O/c1-3-15-13-16(23-19(21-15)24-11-7-8-12-24)22-17(18(25)20-2)14-9-5-4-6-10-14/h4-6,9-10,13,17H,3,7-8,11-12H2,1-2H3,(H,20,25)(H,21,22,23). The van der Waals surface area contributed by atoms with Crippen molar-refractivity contribution in [2.75, 3.05) is 30.4 Å². The summed E-state index contributed by atoms with van der Waals surface area (Å²) in [5.74, 6) is 1.35. The van der Waals surface area contributed by atoms with Gasteiger partial charge >= 0.3 is 0 Å². The van der Waals surface area contributed by atoms with E-state index in [1.54, 1.807) is 7.05 Å². The Labute approximate surface area is 148 Å². The van der Waals surface area contributed by atoms with Gasteiger partial charge in [0.05, 0.1) is 0 Å². The van der Waals surface area contributed by atoms with E-state index in [1.165, 1.54) is 12.8 Å². The fraction of sp³-hybridized carbons (Fsp3) is 0.421. The molecule has 1 atom stereocenters. The Morgan fingerprint density at radius 2 is 1.92 bits per heavy atom. The molecule has 1 aliphatic heterocycles. The zero-order chi connectivity index (χ0) is 17.6. The van der Waals surface area contributed by atoms with Crippen LogP contribution in [0.25, 0.3) is 0 Å². The van der Waals surface area contributed by atoms with Crippen molar-refractivity contribution in [3.63, 3.8) is 0 Å². The van der Waals surface area contributed by atoms with Crippen LogP contribution >= 0.6 is 0 Å². The topological polar surface area (TPSA) is 70.2 Å². The van der Waals surface area contributed by atoms with Crippen LogP contribution in [0.4, 0.5) is 11.8 Å². The van der Waals surface area contributed by atoms with Gasteiger partial charge in [0.1, 0.15) is 11.9 Å². The van der Waals surface area contributed by atoms with Crippen molar-refractivity contribution < 1.29 is 4.79 Å². The summed E-state index contributed by atoms with van der Waals surface area (Å²) in [5.41, 5.74) is 1.88. The molecule has 132 valence electrons. The number of carbonyl (C=O) groups is 1. The molecule has 2 aromatic rings. The number of anilines is 2. The van der Waals surface area contributed by atoms with Crippen LogP contribution in [0.3, 0.4) is 0 Å². The van der Waals surface area contributed by atoms with Gasteiger partial charge in [0.25, 0.3) is 0 Å². The minimum atomic E-state index is -0.489. The van der Waals surface area contributed by atoms with E-state index in [1.807, 2.05) is 36.4 Å². The average Bonchev–Trinajstić information content (AvgIpc) is 3.21. The first-order valence-corrected chi connectivity index (χ1v) is 8.87. The van der Waals surface area contributed by atoms with Crippen LogP contribution < -0.4 is 15.5 Å². The van der Waals surface area contributed by atoms with Gasteiger partial charge in [-0.2, -0.15) is 4.98 Å². The maximum Gasteiger partial charge on any atom is 0.246 e. The van der Waals surface area contributed by atoms with Crippen molar-refractivity contribution in [2.24, 2.45) is 0 Å². The lowest BCUT2D eigenvalue weighted by Crippen LogP contribution is -2.31. The number of carbonyl (C=O) groups excluding carboxylic acids is 1. The number of aryl methyl sites for hydroxylation is 1. The summed E-state index contributed by atoms with van der Waals surface area (Å²) < 4.78 is 0. The zero-order valence-corrected chi connectivity index (χ0v) is 14.8. The highest BCUT2D eigenvalue weighted by atomic mass is 16.2. The first kappa shape index (κ1) is 17.2. The third kappa shape index (κ3) is 4.07. The van der Waals surface area contributed by atoms with E-state index >= 15 is 0 Å². The van der Waals surface area contributed by atoms with Crippen molar-refractivity contribution in [2.45, 2.75) is 32.2 Å². The van der Waals surface area contributed by atoms with Crippen LogP contribution in [0.15, 0.2) is 36.4 Å². The molecule has 3 rings (SSSR count). The smallest absolute Gasteiger partial charge is 0.246 e. The van der Waals surface area contributed by atoms with Crippen molar-refractivity contribution in [1.29, 1.82) is 0 Å². The predicted molar refractivity (Wildman–Crippen MR) is 99.7 cm³/mol. The quantitative estimate of drug-likeness (QED) is 0.846. The van der Waals surface area contributed by atoms with Gasteiger partial charge in [-0.05, 0) is 24.8 Å². The van der Waals surface area contributed by atoms with E-state index in [4.69, 9.17) is 0 Å². The second kappa shape index (κ2) is 7.96. The molecule has 6 nitrogen and oxygen atoms in total. The Morgan fingerprint density at radius 3 is 2.56 bits per heavy atom. The third-order valence-corrected chi connectivity index (χ3v) is 4.45. The monoisotopic (exact) mass is 339 g/mol. The molecule has 1 unspecified atom stereocenters. The van der Waals surface area contributed by atoms with E-state index in [9.17, 15) is 4.79 Å². The second-order valence-corrected chi connectivity index (χ2v) is 6.19. The molecule has 2 heterocycles. The minimum Gasteiger partial charge on any atom is -0.357 e. The number of nitrogens with one attached hydrogen (secondary N) is 2. The highest BCUT2D eigenvalue weighted by Crippen LogP contribution is 2.23. The number of amides is 1. The lowest BCUT2D eigenvalue weighted by molar-refractivity contribution is -0.121. The number of nitrogens with zero attached hydrogens (tertiary/aromatic N) is 3. The van der Waals surface area contributed by atoms with Crippen LogP contribution in [-0.2, 0) is 11.2 Å². The van der Waals surface area contributed by atoms with Gasteiger partial charge in [0.2, 0.25) is 11.9 Å². The molecule has 1 aliphatic rings. The summed E-state index contributed by atoms with van der Waals surface area (Å²) in [6.07, 6.45) is 3.18. The highest BCUT2D eigenvalue weighted by molar-refractivity contribution is 5.85. The van der Waals surface area contributed by atoms with Gasteiger partial charge in [-0.1, -0.05) is 37.3 Å². The van der Waals surface area contributed by atoms with Crippen LogP contribution in [0.1, 0.15) is 37.1 Å². The van der Waals surface area contributed by atoms with Gasteiger partial charge in [0, 0.05) is 31.9 Å². The first-order valence-electron chi connectivity index (χ1n) is 8.87. The minimum absolute atomic E-state index is 0.0921. The lowest BCUT2D eigenvalue weighted by Gasteiger charge is -2.21. The molecule has 1 aromatic heterocycles. The van der Waals surface area contributed by atoms with Crippen LogP contribution in [-0.4, -0.2) is 36.0 Å². The van der Waals surface area contributed by atoms with Crippen molar-refractivity contribution in [3.8, 4) is 0 Å². The molecule has 0 aliphatic carbocycles. The Kier molecular flexibility index (Phi) is 5.48. The van der Waals surface area contributed by atoms with Crippen LogP contribution in [0, 0.1) is 0 Å². The molecule has 1 amide bonds. The molecule has 0 radical (unpaired) electrons. The van der Waals surface area contributed by atoms with E-state index in [0.29, 0.717) is 5.82 Å². The summed E-state index contributed by atoms with van der Waals surface area (Å²) in [6.45, 7) is 4.06. The SMILES string of the molecule is CCc1cc(NC(C(=O)NC)c2ccccc2)nc(N2CCCC2)n1. The fourth-order valence-corrected chi connectivity index (χ4v) is 3.04. The highest BCUT2D eigenvalue weighted by Gasteiger charge is 2.21. The van der Waals surface area contributed by atoms with Gasteiger partial charge in [-0.25, -0.2) is 4.98 Å². The molecule has 0 bridgehead atoms. The molecule has 0 spiro atoms. The average molecular weight is 339 g/mol. The van der Waals surface area contributed by atoms with Gasteiger partial charge in [-0.3, -0.25) is 4.79 Å². The van der Waals surface area contributed by atoms with Crippen LogP contribution in [0.5, 0.6) is 0 Å². The molecule has 2 N–H and O–H groups in total. The molecule has 6 heteroatoms. The number of hydrogen-bond donors (Lipinski definition) is 2. The maximum atomic E-state index is 12.4. The lowest BCUT2D eigenvalue weighted by atomic mass is 10.1. The molecule has 1 fully saturated rings. The Hall–Kier alpha value is -2.63. The van der Waals surface area contributed by atoms with Gasteiger partial charge in [0.15, 0.2) is 0 Å². The summed E-state index contributed by atoms with van der Waals surface area (Å²) in [6, 6.07) is 11.1. The Bertz CT molecular complexity index is 713. The summed E-state index contributed by atoms with van der Waals surface area (Å²) in [7, 11) is 1.65. The molecule has 25 heavy (non-hydrogen) atoms. The summed E-state index contributed by atoms with van der Waals surface area (Å²) in [5, 5.41) is 6.02. The van der Waals surface area contributed by atoms with Crippen molar-refractivity contribution in [3.05, 3.63) is 47.7 Å². The maximum absolute atomic E-state index is 12.4. The fourth-order valence-electron chi connectivity index (χ4n) is 3.04. The van der Waals surface area contributed by atoms with E-state index < -0.39 is 6.04 Å². The Morgan fingerprint density at radius 1 is 1.20 bits per heavy atom. The number of rotatable bonds is 6. The van der Waals surface area contributed by atoms with E-state index in [-0.39, 0.29) is 5.91 Å². The third-order valence-electron chi connectivity index (χ3n) is 4.45. The number of likely N-dealkylation sites (N-methyl/N-ethyl adjacent to an activating group) is 1. The molecule has 1 aromatic carbocycles. The van der Waals surface area contributed by atoms with E-state index in [2.05, 4.69) is 32.4 Å². The molecular formula is C19H25N5O.